The normalized spacial score (nSPS) is 12.7. The Morgan fingerprint density at radius 3 is 1.41 bits per heavy atom. The van der Waals surface area contributed by atoms with Gasteiger partial charge in [0.2, 0.25) is 23.6 Å². The molecule has 13 heteroatoms. The number of carbonyl (C=O) groups excluding carboxylic acids is 4. The van der Waals surface area contributed by atoms with Gasteiger partial charge in [0, 0.05) is 52.1 Å². The van der Waals surface area contributed by atoms with Crippen molar-refractivity contribution < 1.29 is 29.4 Å². The van der Waals surface area contributed by atoms with E-state index in [9.17, 15) is 19.2 Å². The number of aliphatic hydroxyl groups excluding tert-OH is 2. The Balaban J connectivity index is 4.61. The summed E-state index contributed by atoms with van der Waals surface area (Å²) in [5.74, 6) is -0.623. The van der Waals surface area contributed by atoms with Crippen molar-refractivity contribution in [2.45, 2.75) is 96.6 Å². The Morgan fingerprint density at radius 2 is 1.00 bits per heavy atom. The van der Waals surface area contributed by atoms with E-state index in [4.69, 9.17) is 21.7 Å². The first-order valence-corrected chi connectivity index (χ1v) is 17.1. The van der Waals surface area contributed by atoms with Crippen molar-refractivity contribution in [2.24, 2.45) is 11.5 Å². The summed E-state index contributed by atoms with van der Waals surface area (Å²) in [7, 11) is 0. The second-order valence-corrected chi connectivity index (χ2v) is 11.3. The molecule has 2 atom stereocenters. The molecule has 0 radical (unpaired) electrons. The second-order valence-electron chi connectivity index (χ2n) is 11.3. The van der Waals surface area contributed by atoms with Crippen LogP contribution in [-0.4, -0.2) is 121 Å². The van der Waals surface area contributed by atoms with Crippen molar-refractivity contribution in [1.29, 1.82) is 0 Å². The predicted octanol–water partition coefficient (Wildman–Crippen LogP) is 0.548. The number of amides is 4. The van der Waals surface area contributed by atoms with Crippen LogP contribution in [0, 0.1) is 0 Å². The zero-order valence-corrected chi connectivity index (χ0v) is 28.4. The fraction of sp³-hybridized carbons (Fsp3) is 0.758. The fourth-order valence-corrected chi connectivity index (χ4v) is 4.48. The van der Waals surface area contributed by atoms with Crippen LogP contribution in [0.2, 0.25) is 0 Å². The van der Waals surface area contributed by atoms with Crippen LogP contribution < -0.4 is 27.4 Å². The minimum absolute atomic E-state index is 0.0879. The van der Waals surface area contributed by atoms with Gasteiger partial charge in [0.25, 0.3) is 0 Å². The fourth-order valence-electron chi connectivity index (χ4n) is 4.48. The molecule has 0 saturated heterocycles. The molecule has 0 aliphatic carbocycles. The molecule has 0 rings (SSSR count). The SMILES string of the molecule is CC/C=C\CCC(=O)N(CCCCNCCCN(CCCNC(=O)[C@@H](N)CO)C(=O)CC/C=C\CC)CCCNC(=O)[C@@H](N)CO. The molecule has 0 unspecified atom stereocenters. The highest BCUT2D eigenvalue weighted by molar-refractivity contribution is 5.82. The van der Waals surface area contributed by atoms with E-state index < -0.39 is 37.1 Å². The minimum Gasteiger partial charge on any atom is -0.394 e. The average Bonchev–Trinajstić information content (AvgIpc) is 3.06. The van der Waals surface area contributed by atoms with Crippen molar-refractivity contribution in [2.75, 3.05) is 65.6 Å². The number of hydrogen-bond acceptors (Lipinski definition) is 9. The van der Waals surface area contributed by atoms with Crippen LogP contribution in [0.5, 0.6) is 0 Å². The predicted molar refractivity (Wildman–Crippen MR) is 183 cm³/mol. The molecule has 9 N–H and O–H groups in total. The lowest BCUT2D eigenvalue weighted by molar-refractivity contribution is -0.132. The summed E-state index contributed by atoms with van der Waals surface area (Å²) in [5.41, 5.74) is 11.1. The van der Waals surface area contributed by atoms with Crippen LogP contribution in [0.4, 0.5) is 0 Å². The van der Waals surface area contributed by atoms with E-state index in [-0.39, 0.29) is 11.8 Å². The third kappa shape index (κ3) is 22.6. The van der Waals surface area contributed by atoms with Crippen molar-refractivity contribution in [3.63, 3.8) is 0 Å². The quantitative estimate of drug-likeness (QED) is 0.0444. The van der Waals surface area contributed by atoms with Crippen LogP contribution in [-0.2, 0) is 19.2 Å². The van der Waals surface area contributed by atoms with Gasteiger partial charge >= 0.3 is 0 Å². The number of nitrogens with one attached hydrogen (secondary N) is 3. The van der Waals surface area contributed by atoms with Gasteiger partial charge in [-0.1, -0.05) is 38.2 Å². The topological polar surface area (TPSA) is 203 Å². The first-order valence-electron chi connectivity index (χ1n) is 17.1. The molecule has 0 fully saturated rings. The summed E-state index contributed by atoms with van der Waals surface area (Å²) in [6.45, 7) is 7.92. The lowest BCUT2D eigenvalue weighted by Gasteiger charge is -2.24. The Hall–Kier alpha value is -2.84. The van der Waals surface area contributed by atoms with Gasteiger partial charge in [-0.15, -0.1) is 0 Å². The summed E-state index contributed by atoms with van der Waals surface area (Å²) in [6, 6.07) is -1.88. The summed E-state index contributed by atoms with van der Waals surface area (Å²) in [4.78, 5) is 53.0. The van der Waals surface area contributed by atoms with E-state index in [0.29, 0.717) is 77.8 Å². The molecular formula is C33H63N7O6. The number of carbonyl (C=O) groups is 4. The Labute approximate surface area is 276 Å². The van der Waals surface area contributed by atoms with Gasteiger partial charge in [-0.2, -0.15) is 0 Å². The number of hydrogen-bond donors (Lipinski definition) is 7. The molecule has 13 nitrogen and oxygen atoms in total. The molecule has 4 amide bonds. The molecule has 0 spiro atoms. The van der Waals surface area contributed by atoms with Crippen LogP contribution in [0.15, 0.2) is 24.3 Å². The zero-order chi connectivity index (χ0) is 34.4. The smallest absolute Gasteiger partial charge is 0.239 e. The van der Waals surface area contributed by atoms with Crippen molar-refractivity contribution >= 4 is 23.6 Å². The highest BCUT2D eigenvalue weighted by Gasteiger charge is 2.16. The van der Waals surface area contributed by atoms with Gasteiger partial charge < -0.3 is 47.4 Å². The molecule has 266 valence electrons. The van der Waals surface area contributed by atoms with Gasteiger partial charge in [-0.05, 0) is 70.9 Å². The highest BCUT2D eigenvalue weighted by Crippen LogP contribution is 2.05. The minimum atomic E-state index is -0.942. The van der Waals surface area contributed by atoms with E-state index >= 15 is 0 Å². The third-order valence-corrected chi connectivity index (χ3v) is 7.25. The first kappa shape index (κ1) is 43.2. The van der Waals surface area contributed by atoms with Crippen molar-refractivity contribution in [3.8, 4) is 0 Å². The number of unbranched alkanes of at least 4 members (excludes halogenated alkanes) is 1. The van der Waals surface area contributed by atoms with Crippen LogP contribution in [0.3, 0.4) is 0 Å². The van der Waals surface area contributed by atoms with Gasteiger partial charge in [-0.3, -0.25) is 19.2 Å². The lowest BCUT2D eigenvalue weighted by atomic mass is 10.2. The summed E-state index contributed by atoms with van der Waals surface area (Å²) in [5, 5.41) is 26.8. The van der Waals surface area contributed by atoms with Crippen molar-refractivity contribution in [3.05, 3.63) is 24.3 Å². The second kappa shape index (κ2) is 29.6. The van der Waals surface area contributed by atoms with E-state index in [1.165, 1.54) is 0 Å². The maximum Gasteiger partial charge on any atom is 0.239 e. The number of rotatable bonds is 29. The van der Waals surface area contributed by atoms with E-state index in [1.807, 2.05) is 22.0 Å². The molecule has 0 aromatic heterocycles. The van der Waals surface area contributed by atoms with Gasteiger partial charge in [0.1, 0.15) is 12.1 Å². The molecule has 0 bridgehead atoms. The van der Waals surface area contributed by atoms with Crippen LogP contribution in [0.1, 0.15) is 84.5 Å². The number of aliphatic hydroxyl groups is 2. The van der Waals surface area contributed by atoms with Crippen molar-refractivity contribution in [1.82, 2.24) is 25.8 Å². The summed E-state index contributed by atoms with van der Waals surface area (Å²) >= 11 is 0. The van der Waals surface area contributed by atoms with Crippen LogP contribution >= 0.6 is 0 Å². The summed E-state index contributed by atoms with van der Waals surface area (Å²) < 4.78 is 0. The first-order chi connectivity index (χ1) is 22.2. The molecule has 0 heterocycles. The van der Waals surface area contributed by atoms with Gasteiger partial charge in [0.15, 0.2) is 0 Å². The lowest BCUT2D eigenvalue weighted by Crippen LogP contribution is -2.44. The maximum atomic E-state index is 12.8. The van der Waals surface area contributed by atoms with E-state index in [1.54, 1.807) is 0 Å². The average molecular weight is 654 g/mol. The molecule has 46 heavy (non-hydrogen) atoms. The monoisotopic (exact) mass is 653 g/mol. The molecule has 0 aliphatic heterocycles. The van der Waals surface area contributed by atoms with Gasteiger partial charge in [0.05, 0.1) is 13.2 Å². The molecule has 0 aromatic carbocycles. The Morgan fingerprint density at radius 1 is 0.609 bits per heavy atom. The van der Waals surface area contributed by atoms with Gasteiger partial charge in [-0.25, -0.2) is 0 Å². The van der Waals surface area contributed by atoms with E-state index in [0.717, 1.165) is 45.2 Å². The Kier molecular flexibility index (Phi) is 27.7. The number of nitrogens with two attached hydrogens (primary N) is 2. The molecule has 0 saturated carbocycles. The molecule has 0 aromatic rings. The van der Waals surface area contributed by atoms with E-state index in [2.05, 4.69) is 41.9 Å². The molecule has 0 aliphatic rings. The number of allylic oxidation sites excluding steroid dienone is 4. The molecular weight excluding hydrogens is 590 g/mol. The van der Waals surface area contributed by atoms with Crippen LogP contribution in [0.25, 0.3) is 0 Å². The Bertz CT molecular complexity index is 817. The third-order valence-electron chi connectivity index (χ3n) is 7.25. The zero-order valence-electron chi connectivity index (χ0n) is 28.4. The largest absolute Gasteiger partial charge is 0.394 e. The summed E-state index contributed by atoms with van der Waals surface area (Å²) in [6.07, 6.45) is 16.1. The highest BCUT2D eigenvalue weighted by atomic mass is 16.3. The maximum absolute atomic E-state index is 12.8. The standard InChI is InChI=1S/C33H63N7O6/c1-3-5-7-9-16-30(43)39(24-14-20-37-32(45)28(34)26-41)22-12-11-18-36-19-13-23-40(31(44)17-10-8-6-4-2)25-15-21-38-33(46)29(35)27-42/h5-8,28-29,36,41-42H,3-4,9-27,34-35H2,1-2H3,(H,37,45)(H,38,46)/b7-5-,8-6-/t28-,29-/m0/s1. The number of nitrogens with zero attached hydrogens (tertiary/aromatic N) is 2.